The van der Waals surface area contributed by atoms with Crippen LogP contribution in [0.4, 0.5) is 4.79 Å². The van der Waals surface area contributed by atoms with Crippen LogP contribution in [0.1, 0.15) is 6.42 Å². The average molecular weight is 192 g/mol. The van der Waals surface area contributed by atoms with E-state index >= 15 is 0 Å². The second-order valence-corrected chi connectivity index (χ2v) is 3.17. The Kier molecular flexibility index (Phi) is 2.45. The Morgan fingerprint density at radius 3 is 3.29 bits per heavy atom. The third-order valence-corrected chi connectivity index (χ3v) is 2.27. The van der Waals surface area contributed by atoms with Crippen LogP contribution in [-0.4, -0.2) is 36.9 Å². The zero-order chi connectivity index (χ0) is 9.97. The Balaban J connectivity index is 2.15. The van der Waals surface area contributed by atoms with Crippen molar-refractivity contribution in [3.63, 3.8) is 0 Å². The van der Waals surface area contributed by atoms with E-state index in [9.17, 15) is 4.79 Å². The van der Waals surface area contributed by atoms with E-state index in [0.29, 0.717) is 13.2 Å². The minimum atomic E-state index is -0.174. The monoisotopic (exact) mass is 192 g/mol. The van der Waals surface area contributed by atoms with Gasteiger partial charge in [0.15, 0.2) is 0 Å². The minimum absolute atomic E-state index is 0.174. The molecule has 0 bridgehead atoms. The maximum Gasteiger partial charge on any atom is 0.348 e. The standard InChI is InChI=1S/C10H12N2O2/c1-14-7-6-12-9-5-3-2-4-8(9)11-10(12)13/h2-3,5H,4,6-7H2,1H3. The van der Waals surface area contributed by atoms with Crippen molar-refractivity contribution in [3.8, 4) is 0 Å². The largest absolute Gasteiger partial charge is 0.383 e. The molecule has 0 saturated heterocycles. The van der Waals surface area contributed by atoms with Gasteiger partial charge in [0.05, 0.1) is 24.6 Å². The molecule has 0 unspecified atom stereocenters. The van der Waals surface area contributed by atoms with Crippen LogP contribution in [0.3, 0.4) is 0 Å². The smallest absolute Gasteiger partial charge is 0.348 e. The molecule has 0 N–H and O–H groups in total. The lowest BCUT2D eigenvalue weighted by Crippen LogP contribution is -2.28. The molecule has 4 nitrogen and oxygen atoms in total. The van der Waals surface area contributed by atoms with Gasteiger partial charge in [0, 0.05) is 13.5 Å². The Morgan fingerprint density at radius 1 is 1.64 bits per heavy atom. The third-order valence-electron chi connectivity index (χ3n) is 2.27. The molecular formula is C10H12N2O2. The fraction of sp³-hybridized carbons (Fsp3) is 0.400. The fourth-order valence-corrected chi connectivity index (χ4v) is 1.57. The van der Waals surface area contributed by atoms with E-state index in [-0.39, 0.29) is 6.03 Å². The van der Waals surface area contributed by atoms with Crippen molar-refractivity contribution in [1.29, 1.82) is 0 Å². The highest BCUT2D eigenvalue weighted by atomic mass is 16.5. The number of allylic oxidation sites excluding steroid dienone is 4. The number of carbonyl (C=O) groups is 1. The Labute approximate surface area is 82.6 Å². The van der Waals surface area contributed by atoms with E-state index in [1.54, 1.807) is 12.0 Å². The number of fused-ring (bicyclic) bond motifs is 1. The van der Waals surface area contributed by atoms with E-state index in [4.69, 9.17) is 4.74 Å². The molecular weight excluding hydrogens is 180 g/mol. The highest BCUT2D eigenvalue weighted by Crippen LogP contribution is 2.21. The lowest BCUT2D eigenvalue weighted by atomic mass is 10.1. The molecule has 74 valence electrons. The molecule has 2 aliphatic rings. The fourth-order valence-electron chi connectivity index (χ4n) is 1.57. The second-order valence-electron chi connectivity index (χ2n) is 3.17. The van der Waals surface area contributed by atoms with E-state index in [1.165, 1.54) is 0 Å². The first-order valence-corrected chi connectivity index (χ1v) is 4.58. The number of aliphatic imine (C=N–C) groups is 1. The van der Waals surface area contributed by atoms with Gasteiger partial charge in [0.25, 0.3) is 0 Å². The Hall–Kier alpha value is -1.42. The lowest BCUT2D eigenvalue weighted by molar-refractivity contribution is 0.170. The van der Waals surface area contributed by atoms with Crippen molar-refractivity contribution in [2.24, 2.45) is 4.99 Å². The quantitative estimate of drug-likeness (QED) is 0.677. The van der Waals surface area contributed by atoms with E-state index in [0.717, 1.165) is 17.8 Å². The predicted octanol–water partition coefficient (Wildman–Crippen LogP) is 1.35. The van der Waals surface area contributed by atoms with Crippen molar-refractivity contribution in [3.05, 3.63) is 23.9 Å². The lowest BCUT2D eigenvalue weighted by Gasteiger charge is -2.17. The summed E-state index contributed by atoms with van der Waals surface area (Å²) in [6, 6.07) is -0.174. The summed E-state index contributed by atoms with van der Waals surface area (Å²) >= 11 is 0. The van der Waals surface area contributed by atoms with E-state index < -0.39 is 0 Å². The van der Waals surface area contributed by atoms with Gasteiger partial charge in [0.1, 0.15) is 0 Å². The van der Waals surface area contributed by atoms with Crippen molar-refractivity contribution >= 4 is 11.7 Å². The summed E-state index contributed by atoms with van der Waals surface area (Å²) in [5.41, 5.74) is 1.79. The molecule has 2 amide bonds. The molecule has 0 aromatic heterocycles. The van der Waals surface area contributed by atoms with Crippen LogP contribution < -0.4 is 0 Å². The number of methoxy groups -OCH3 is 1. The van der Waals surface area contributed by atoms with Gasteiger partial charge in [-0.25, -0.2) is 4.79 Å². The van der Waals surface area contributed by atoms with Gasteiger partial charge in [-0.15, -0.1) is 0 Å². The van der Waals surface area contributed by atoms with Gasteiger partial charge in [-0.2, -0.15) is 4.99 Å². The van der Waals surface area contributed by atoms with Crippen LogP contribution in [0.2, 0.25) is 0 Å². The molecule has 0 radical (unpaired) electrons. The summed E-state index contributed by atoms with van der Waals surface area (Å²) < 4.78 is 4.94. The van der Waals surface area contributed by atoms with Crippen LogP contribution in [0.25, 0.3) is 0 Å². The van der Waals surface area contributed by atoms with Gasteiger partial charge in [-0.3, -0.25) is 4.90 Å². The average Bonchev–Trinajstić information content (AvgIpc) is 2.51. The third kappa shape index (κ3) is 1.48. The summed E-state index contributed by atoms with van der Waals surface area (Å²) in [7, 11) is 1.62. The van der Waals surface area contributed by atoms with Gasteiger partial charge in [0.2, 0.25) is 0 Å². The van der Waals surface area contributed by atoms with Crippen LogP contribution in [-0.2, 0) is 4.74 Å². The minimum Gasteiger partial charge on any atom is -0.383 e. The number of carbonyl (C=O) groups excluding carboxylic acids is 1. The summed E-state index contributed by atoms with van der Waals surface area (Å²) in [5.74, 6) is 0. The van der Waals surface area contributed by atoms with E-state index in [2.05, 4.69) is 4.99 Å². The molecule has 0 aromatic carbocycles. The normalized spacial score (nSPS) is 19.5. The van der Waals surface area contributed by atoms with Crippen LogP contribution >= 0.6 is 0 Å². The molecule has 0 spiro atoms. The first-order valence-electron chi connectivity index (χ1n) is 4.58. The molecule has 0 atom stereocenters. The number of ether oxygens (including phenoxy) is 1. The molecule has 1 aliphatic heterocycles. The van der Waals surface area contributed by atoms with Crippen molar-refractivity contribution < 1.29 is 9.53 Å². The molecule has 4 heteroatoms. The maximum atomic E-state index is 11.5. The van der Waals surface area contributed by atoms with Crippen molar-refractivity contribution in [2.45, 2.75) is 6.42 Å². The zero-order valence-electron chi connectivity index (χ0n) is 8.06. The molecule has 1 aliphatic carbocycles. The van der Waals surface area contributed by atoms with Crippen molar-refractivity contribution in [2.75, 3.05) is 20.3 Å². The van der Waals surface area contributed by atoms with Gasteiger partial charge >= 0.3 is 6.03 Å². The van der Waals surface area contributed by atoms with Gasteiger partial charge in [-0.1, -0.05) is 12.2 Å². The molecule has 14 heavy (non-hydrogen) atoms. The number of amides is 2. The number of hydrogen-bond acceptors (Lipinski definition) is 2. The first-order chi connectivity index (χ1) is 6.83. The van der Waals surface area contributed by atoms with Crippen LogP contribution in [0, 0.1) is 0 Å². The Bertz CT molecular complexity index is 342. The van der Waals surface area contributed by atoms with Gasteiger partial charge < -0.3 is 4.74 Å². The number of hydrogen-bond donors (Lipinski definition) is 0. The molecule has 2 rings (SSSR count). The van der Waals surface area contributed by atoms with Gasteiger partial charge in [-0.05, 0) is 6.08 Å². The number of urea groups is 1. The van der Waals surface area contributed by atoms with Crippen molar-refractivity contribution in [1.82, 2.24) is 4.90 Å². The summed E-state index contributed by atoms with van der Waals surface area (Å²) in [6.07, 6.45) is 6.62. The molecule has 0 saturated carbocycles. The highest BCUT2D eigenvalue weighted by Gasteiger charge is 2.28. The topological polar surface area (TPSA) is 41.9 Å². The Morgan fingerprint density at radius 2 is 2.50 bits per heavy atom. The highest BCUT2D eigenvalue weighted by molar-refractivity contribution is 6.13. The maximum absolute atomic E-state index is 11.5. The number of nitrogens with zero attached hydrogens (tertiary/aromatic N) is 2. The van der Waals surface area contributed by atoms with E-state index in [1.807, 2.05) is 18.2 Å². The summed E-state index contributed by atoms with van der Waals surface area (Å²) in [6.45, 7) is 1.11. The predicted molar refractivity (Wildman–Crippen MR) is 53.3 cm³/mol. The second kappa shape index (κ2) is 3.75. The SMILES string of the molecule is COCCN1C(=O)N=C2CC=CC=C21. The summed E-state index contributed by atoms with van der Waals surface area (Å²) in [5, 5.41) is 0. The van der Waals surface area contributed by atoms with Crippen LogP contribution in [0.15, 0.2) is 28.9 Å². The zero-order valence-corrected chi connectivity index (χ0v) is 8.06. The molecule has 1 heterocycles. The molecule has 0 fully saturated rings. The van der Waals surface area contributed by atoms with Crippen LogP contribution in [0.5, 0.6) is 0 Å². The number of rotatable bonds is 3. The first kappa shape index (κ1) is 9.15. The molecule has 0 aromatic rings. The summed E-state index contributed by atoms with van der Waals surface area (Å²) in [4.78, 5) is 17.1.